The van der Waals surface area contributed by atoms with Crippen LogP contribution in [0.25, 0.3) is 5.65 Å². The first kappa shape index (κ1) is 21.3. The number of piperazine rings is 1. The van der Waals surface area contributed by atoms with Crippen molar-refractivity contribution in [3.8, 4) is 0 Å². The van der Waals surface area contributed by atoms with Crippen LogP contribution in [0.4, 0.5) is 11.4 Å². The van der Waals surface area contributed by atoms with E-state index < -0.39 is 0 Å². The quantitative estimate of drug-likeness (QED) is 0.686. The Kier molecular flexibility index (Phi) is 5.96. The van der Waals surface area contributed by atoms with E-state index in [0.717, 1.165) is 65.7 Å². The second-order valence-electron chi connectivity index (χ2n) is 8.65. The summed E-state index contributed by atoms with van der Waals surface area (Å²) in [5.41, 5.74) is 8.11. The van der Waals surface area contributed by atoms with Crippen LogP contribution in [0.15, 0.2) is 24.3 Å². The molecule has 0 radical (unpaired) electrons. The van der Waals surface area contributed by atoms with Crippen LogP contribution in [-0.4, -0.2) is 58.6 Å². The molecule has 1 aliphatic heterocycles. The van der Waals surface area contributed by atoms with Crippen LogP contribution in [0.1, 0.15) is 34.6 Å². The summed E-state index contributed by atoms with van der Waals surface area (Å²) in [6, 6.07) is 8.29. The highest BCUT2D eigenvalue weighted by Gasteiger charge is 2.16. The highest BCUT2D eigenvalue weighted by Crippen LogP contribution is 2.24. The molecule has 4 rings (SSSR count). The molecule has 0 saturated carbocycles. The van der Waals surface area contributed by atoms with E-state index in [2.05, 4.69) is 51.3 Å². The van der Waals surface area contributed by atoms with Gasteiger partial charge in [0, 0.05) is 61.4 Å². The minimum absolute atomic E-state index is 0.0194. The van der Waals surface area contributed by atoms with Crippen molar-refractivity contribution < 1.29 is 4.79 Å². The number of rotatable bonds is 5. The minimum atomic E-state index is 0.0194. The summed E-state index contributed by atoms with van der Waals surface area (Å²) in [5.74, 6) is 0.0194. The molecular weight excluding hydrogens is 388 g/mol. The number of likely N-dealkylation sites (N-methyl/N-ethyl adjacent to an activating group) is 1. The Labute approximate surface area is 184 Å². The lowest BCUT2D eigenvalue weighted by Gasteiger charge is -2.34. The van der Waals surface area contributed by atoms with E-state index in [1.165, 1.54) is 5.69 Å². The van der Waals surface area contributed by atoms with Gasteiger partial charge >= 0.3 is 0 Å². The fourth-order valence-electron chi connectivity index (χ4n) is 4.30. The molecule has 1 saturated heterocycles. The number of nitrogens with one attached hydrogen (secondary N) is 1. The second-order valence-corrected chi connectivity index (χ2v) is 8.65. The number of anilines is 2. The van der Waals surface area contributed by atoms with Gasteiger partial charge in [0.15, 0.2) is 5.65 Å². The monoisotopic (exact) mass is 420 g/mol. The molecule has 7 heteroatoms. The van der Waals surface area contributed by atoms with Crippen LogP contribution in [0.5, 0.6) is 0 Å². The van der Waals surface area contributed by atoms with Crippen LogP contribution >= 0.6 is 0 Å². The molecule has 3 heterocycles. The highest BCUT2D eigenvalue weighted by atomic mass is 16.1. The zero-order valence-corrected chi connectivity index (χ0v) is 19.2. The third-order valence-corrected chi connectivity index (χ3v) is 6.24. The summed E-state index contributed by atoms with van der Waals surface area (Å²) in [4.78, 5) is 22.1. The van der Waals surface area contributed by atoms with Crippen LogP contribution in [0, 0.1) is 27.7 Å². The van der Waals surface area contributed by atoms with Gasteiger partial charge in [-0.05, 0) is 70.5 Å². The Bertz CT molecular complexity index is 1110. The first-order valence-corrected chi connectivity index (χ1v) is 11.0. The van der Waals surface area contributed by atoms with Gasteiger partial charge in [-0.25, -0.2) is 9.50 Å². The summed E-state index contributed by atoms with van der Waals surface area (Å²) in [6.07, 6.45) is 1.05. The molecule has 1 aromatic carbocycles. The number of amides is 1. The van der Waals surface area contributed by atoms with Gasteiger partial charge < -0.3 is 15.1 Å². The van der Waals surface area contributed by atoms with Crippen molar-refractivity contribution in [2.45, 2.75) is 40.5 Å². The summed E-state index contributed by atoms with van der Waals surface area (Å²) >= 11 is 0. The molecule has 7 nitrogen and oxygen atoms in total. The van der Waals surface area contributed by atoms with Gasteiger partial charge in [-0.15, -0.1) is 0 Å². The van der Waals surface area contributed by atoms with Crippen molar-refractivity contribution in [1.82, 2.24) is 19.5 Å². The number of carbonyl (C=O) groups excluding carboxylic acids is 1. The second kappa shape index (κ2) is 8.67. The number of fused-ring (bicyclic) bond motifs is 1. The van der Waals surface area contributed by atoms with Gasteiger partial charge in [0.1, 0.15) is 0 Å². The smallest absolute Gasteiger partial charge is 0.224 e. The number of nitrogens with zero attached hydrogens (tertiary/aromatic N) is 5. The average molecular weight is 421 g/mol. The zero-order valence-electron chi connectivity index (χ0n) is 19.2. The summed E-state index contributed by atoms with van der Waals surface area (Å²) in [6.45, 7) is 12.3. The third kappa shape index (κ3) is 4.56. The lowest BCUT2D eigenvalue weighted by molar-refractivity contribution is -0.116. The Balaban J connectivity index is 1.41. The molecule has 0 bridgehead atoms. The standard InChI is InChI=1S/C24H32N6O/c1-16-14-20(29-12-10-28(5)11-13-29)6-8-22(16)26-24(31)9-7-21-18(3)25-23-15-17(2)27-30(23)19(21)4/h6,8,14-15H,7,9-13H2,1-5H3,(H,26,31). The first-order valence-electron chi connectivity index (χ1n) is 11.0. The van der Waals surface area contributed by atoms with Crippen LogP contribution in [0.3, 0.4) is 0 Å². The van der Waals surface area contributed by atoms with Gasteiger partial charge in [-0.1, -0.05) is 0 Å². The molecule has 2 aromatic heterocycles. The zero-order chi connectivity index (χ0) is 22.1. The number of aryl methyl sites for hydroxylation is 4. The average Bonchev–Trinajstić information content (AvgIpc) is 3.10. The predicted octanol–water partition coefficient (Wildman–Crippen LogP) is 3.29. The number of benzene rings is 1. The van der Waals surface area contributed by atoms with Crippen molar-refractivity contribution in [1.29, 1.82) is 0 Å². The number of carbonyl (C=O) groups is 1. The molecule has 3 aromatic rings. The lowest BCUT2D eigenvalue weighted by Crippen LogP contribution is -2.44. The summed E-state index contributed by atoms with van der Waals surface area (Å²) in [5, 5.41) is 7.61. The summed E-state index contributed by atoms with van der Waals surface area (Å²) in [7, 11) is 2.16. The van der Waals surface area contributed by atoms with Gasteiger partial charge in [0.25, 0.3) is 0 Å². The highest BCUT2D eigenvalue weighted by molar-refractivity contribution is 5.92. The van der Waals surface area contributed by atoms with Gasteiger partial charge in [0.2, 0.25) is 5.91 Å². The Morgan fingerprint density at radius 1 is 1.06 bits per heavy atom. The van der Waals surface area contributed by atoms with Crippen molar-refractivity contribution in [2.24, 2.45) is 0 Å². The fraction of sp³-hybridized carbons (Fsp3) is 0.458. The van der Waals surface area contributed by atoms with Gasteiger partial charge in [-0.2, -0.15) is 5.10 Å². The summed E-state index contributed by atoms with van der Waals surface area (Å²) < 4.78 is 1.87. The molecule has 164 valence electrons. The molecule has 0 spiro atoms. The van der Waals surface area contributed by atoms with Gasteiger partial charge in [-0.3, -0.25) is 4.79 Å². The van der Waals surface area contributed by atoms with E-state index in [-0.39, 0.29) is 5.91 Å². The maximum atomic E-state index is 12.7. The third-order valence-electron chi connectivity index (χ3n) is 6.24. The Morgan fingerprint density at radius 3 is 2.52 bits per heavy atom. The fourth-order valence-corrected chi connectivity index (χ4v) is 4.30. The SMILES string of the molecule is Cc1cc2nc(C)c(CCC(=O)Nc3ccc(N4CCN(C)CC4)cc3C)c(C)n2n1. The Morgan fingerprint density at radius 2 is 1.81 bits per heavy atom. The van der Waals surface area contributed by atoms with E-state index in [4.69, 9.17) is 0 Å². The van der Waals surface area contributed by atoms with E-state index in [1.807, 2.05) is 37.4 Å². The Hall–Kier alpha value is -2.93. The molecule has 0 atom stereocenters. The van der Waals surface area contributed by atoms with E-state index in [9.17, 15) is 4.79 Å². The maximum Gasteiger partial charge on any atom is 0.224 e. The molecule has 1 amide bonds. The van der Waals surface area contributed by atoms with Crippen LogP contribution < -0.4 is 10.2 Å². The molecule has 0 unspecified atom stereocenters. The molecule has 1 aliphatic rings. The van der Waals surface area contributed by atoms with Crippen LogP contribution in [-0.2, 0) is 11.2 Å². The van der Waals surface area contributed by atoms with Gasteiger partial charge in [0.05, 0.1) is 5.69 Å². The molecular formula is C24H32N6O. The van der Waals surface area contributed by atoms with Crippen molar-refractivity contribution in [3.63, 3.8) is 0 Å². The lowest BCUT2D eigenvalue weighted by atomic mass is 10.1. The molecule has 0 aliphatic carbocycles. The molecule has 1 fully saturated rings. The maximum absolute atomic E-state index is 12.7. The van der Waals surface area contributed by atoms with Crippen LogP contribution in [0.2, 0.25) is 0 Å². The molecule has 31 heavy (non-hydrogen) atoms. The largest absolute Gasteiger partial charge is 0.369 e. The molecule has 1 N–H and O–H groups in total. The van der Waals surface area contributed by atoms with Crippen molar-refractivity contribution >= 4 is 22.9 Å². The first-order chi connectivity index (χ1) is 14.8. The number of hydrogen-bond donors (Lipinski definition) is 1. The number of hydrogen-bond acceptors (Lipinski definition) is 5. The predicted molar refractivity (Wildman–Crippen MR) is 125 cm³/mol. The minimum Gasteiger partial charge on any atom is -0.369 e. The van der Waals surface area contributed by atoms with E-state index >= 15 is 0 Å². The topological polar surface area (TPSA) is 65.8 Å². The van der Waals surface area contributed by atoms with E-state index in [0.29, 0.717) is 12.8 Å². The van der Waals surface area contributed by atoms with Crippen molar-refractivity contribution in [2.75, 3.05) is 43.4 Å². The number of aromatic nitrogens is 3. The normalized spacial score (nSPS) is 14.9. The van der Waals surface area contributed by atoms with Crippen molar-refractivity contribution in [3.05, 3.63) is 52.5 Å². The van der Waals surface area contributed by atoms with E-state index in [1.54, 1.807) is 0 Å².